The van der Waals surface area contributed by atoms with Gasteiger partial charge in [-0.05, 0) is 49.2 Å². The molecule has 2 atom stereocenters. The summed E-state index contributed by atoms with van der Waals surface area (Å²) >= 11 is 12.1. The van der Waals surface area contributed by atoms with Crippen LogP contribution >= 0.6 is 23.2 Å². The van der Waals surface area contributed by atoms with Gasteiger partial charge in [-0.25, -0.2) is 0 Å². The molecule has 0 bridgehead atoms. The molecule has 2 unspecified atom stereocenters. The molecule has 0 saturated carbocycles. The highest BCUT2D eigenvalue weighted by Crippen LogP contribution is 2.21. The molecule has 0 amide bonds. The lowest BCUT2D eigenvalue weighted by Gasteiger charge is -2.27. The lowest BCUT2D eigenvalue weighted by atomic mass is 10.0. The summed E-state index contributed by atoms with van der Waals surface area (Å²) in [6, 6.07) is 15.4. The second kappa shape index (κ2) is 11.1. The Hall–Kier alpha value is -1.63. The van der Waals surface area contributed by atoms with Crippen molar-refractivity contribution in [3.8, 4) is 0 Å². The van der Waals surface area contributed by atoms with Gasteiger partial charge < -0.3 is 14.7 Å². The van der Waals surface area contributed by atoms with E-state index in [9.17, 15) is 5.11 Å². The van der Waals surface area contributed by atoms with Gasteiger partial charge in [-0.2, -0.15) is 0 Å². The van der Waals surface area contributed by atoms with Crippen LogP contribution < -0.4 is 0 Å². The van der Waals surface area contributed by atoms with Gasteiger partial charge >= 0.3 is 0 Å². The zero-order valence-electron chi connectivity index (χ0n) is 17.3. The van der Waals surface area contributed by atoms with Crippen LogP contribution in [0.1, 0.15) is 31.4 Å². The van der Waals surface area contributed by atoms with E-state index < -0.39 is 6.10 Å². The SMILES string of the molecule is CC(C)OCC(O)CN(Cc1cccc(Cl)c1)CC1CC(c2ccc(Cl)cc2)=NO1. The summed E-state index contributed by atoms with van der Waals surface area (Å²) in [7, 11) is 0. The lowest BCUT2D eigenvalue weighted by Crippen LogP contribution is -2.39. The van der Waals surface area contributed by atoms with E-state index in [-0.39, 0.29) is 12.2 Å². The van der Waals surface area contributed by atoms with Crippen LogP contribution in [0.2, 0.25) is 10.0 Å². The molecule has 1 aliphatic rings. The molecular weight excluding hydrogens is 423 g/mol. The average molecular weight is 451 g/mol. The van der Waals surface area contributed by atoms with E-state index in [1.165, 1.54) is 0 Å². The zero-order chi connectivity index (χ0) is 21.5. The molecule has 3 rings (SSSR count). The third-order valence-corrected chi connectivity index (χ3v) is 5.25. The highest BCUT2D eigenvalue weighted by molar-refractivity contribution is 6.31. The maximum atomic E-state index is 10.5. The van der Waals surface area contributed by atoms with Crippen LogP contribution in [0.4, 0.5) is 0 Å². The van der Waals surface area contributed by atoms with Gasteiger partial charge in [0, 0.05) is 36.1 Å². The van der Waals surface area contributed by atoms with E-state index in [0.717, 1.165) is 16.8 Å². The van der Waals surface area contributed by atoms with Gasteiger partial charge in [0.1, 0.15) is 6.10 Å². The molecule has 1 aliphatic heterocycles. The summed E-state index contributed by atoms with van der Waals surface area (Å²) in [5.41, 5.74) is 2.99. The van der Waals surface area contributed by atoms with Gasteiger partial charge in [0.05, 0.1) is 24.5 Å². The van der Waals surface area contributed by atoms with Crippen molar-refractivity contribution < 1.29 is 14.7 Å². The average Bonchev–Trinajstić information content (AvgIpc) is 3.15. The van der Waals surface area contributed by atoms with Crippen LogP contribution in [0.5, 0.6) is 0 Å². The van der Waals surface area contributed by atoms with Crippen molar-refractivity contribution in [3.63, 3.8) is 0 Å². The minimum absolute atomic E-state index is 0.0783. The van der Waals surface area contributed by atoms with Crippen LogP contribution in [-0.2, 0) is 16.1 Å². The molecule has 0 spiro atoms. The first-order valence-electron chi connectivity index (χ1n) is 10.1. The van der Waals surface area contributed by atoms with Crippen LogP contribution in [-0.4, -0.2) is 53.7 Å². The first-order chi connectivity index (χ1) is 14.4. The normalized spacial score (nSPS) is 17.3. The van der Waals surface area contributed by atoms with E-state index in [2.05, 4.69) is 10.1 Å². The number of benzene rings is 2. The minimum Gasteiger partial charge on any atom is -0.390 e. The predicted molar refractivity (Wildman–Crippen MR) is 121 cm³/mol. The molecule has 30 heavy (non-hydrogen) atoms. The Morgan fingerprint density at radius 2 is 1.93 bits per heavy atom. The van der Waals surface area contributed by atoms with Crippen molar-refractivity contribution in [1.82, 2.24) is 4.90 Å². The van der Waals surface area contributed by atoms with Gasteiger partial charge in [-0.1, -0.05) is 52.6 Å². The highest BCUT2D eigenvalue weighted by Gasteiger charge is 2.26. The number of halogens is 2. The predicted octanol–water partition coefficient (Wildman–Crippen LogP) is 4.77. The molecule has 7 heteroatoms. The fourth-order valence-electron chi connectivity index (χ4n) is 3.38. The second-order valence-corrected chi connectivity index (χ2v) is 8.71. The van der Waals surface area contributed by atoms with E-state index >= 15 is 0 Å². The first kappa shape index (κ1) is 23.0. The van der Waals surface area contributed by atoms with Crippen molar-refractivity contribution in [3.05, 3.63) is 69.7 Å². The second-order valence-electron chi connectivity index (χ2n) is 7.84. The van der Waals surface area contributed by atoms with Gasteiger partial charge in [-0.3, -0.25) is 4.90 Å². The summed E-state index contributed by atoms with van der Waals surface area (Å²) in [6.07, 6.45) is 0.0963. The molecule has 2 aromatic carbocycles. The molecule has 162 valence electrons. The standard InChI is InChI=1S/C23H28Cl2N2O3/c1-16(2)29-15-21(28)13-27(12-17-4-3-5-20(25)10-17)14-22-11-23(26-30-22)18-6-8-19(24)9-7-18/h3-10,16,21-22,28H,11-15H2,1-2H3. The van der Waals surface area contributed by atoms with Crippen molar-refractivity contribution in [2.45, 2.75) is 45.1 Å². The molecule has 0 aromatic heterocycles. The molecule has 0 saturated heterocycles. The number of rotatable bonds is 10. The van der Waals surface area contributed by atoms with Crippen molar-refractivity contribution in [1.29, 1.82) is 0 Å². The minimum atomic E-state index is -0.593. The summed E-state index contributed by atoms with van der Waals surface area (Å²) < 4.78 is 5.57. The number of nitrogens with zero attached hydrogens (tertiary/aromatic N) is 2. The number of aliphatic hydroxyl groups excluding tert-OH is 1. The maximum absolute atomic E-state index is 10.5. The van der Waals surface area contributed by atoms with Crippen LogP contribution in [0, 0.1) is 0 Å². The third-order valence-electron chi connectivity index (χ3n) is 4.76. The monoisotopic (exact) mass is 450 g/mol. The molecule has 2 aromatic rings. The Morgan fingerprint density at radius 1 is 1.17 bits per heavy atom. The van der Waals surface area contributed by atoms with Crippen molar-refractivity contribution in [2.75, 3.05) is 19.7 Å². The van der Waals surface area contributed by atoms with E-state index in [1.54, 1.807) is 0 Å². The zero-order valence-corrected chi connectivity index (χ0v) is 18.8. The topological polar surface area (TPSA) is 54.3 Å². The van der Waals surface area contributed by atoms with Crippen LogP contribution in [0.25, 0.3) is 0 Å². The number of hydrogen-bond donors (Lipinski definition) is 1. The molecular formula is C23H28Cl2N2O3. The third kappa shape index (κ3) is 7.25. The summed E-state index contributed by atoms with van der Waals surface area (Å²) in [5.74, 6) is 0. The largest absolute Gasteiger partial charge is 0.390 e. The molecule has 1 N–H and O–H groups in total. The molecule has 0 fully saturated rings. The lowest BCUT2D eigenvalue weighted by molar-refractivity contribution is -0.0194. The van der Waals surface area contributed by atoms with Crippen LogP contribution in [0.3, 0.4) is 0 Å². The fourth-order valence-corrected chi connectivity index (χ4v) is 3.72. The Balaban J connectivity index is 1.62. The smallest absolute Gasteiger partial charge is 0.145 e. The first-order valence-corrected chi connectivity index (χ1v) is 10.9. The van der Waals surface area contributed by atoms with Gasteiger partial charge in [0.2, 0.25) is 0 Å². The van der Waals surface area contributed by atoms with E-state index in [4.69, 9.17) is 32.8 Å². The van der Waals surface area contributed by atoms with Crippen molar-refractivity contribution in [2.24, 2.45) is 5.16 Å². The number of oxime groups is 1. The summed E-state index contributed by atoms with van der Waals surface area (Å²) in [5, 5.41) is 16.1. The van der Waals surface area contributed by atoms with Crippen molar-refractivity contribution >= 4 is 28.9 Å². The molecule has 0 radical (unpaired) electrons. The Morgan fingerprint density at radius 3 is 2.63 bits per heavy atom. The molecule has 5 nitrogen and oxygen atoms in total. The van der Waals surface area contributed by atoms with Gasteiger partial charge in [0.15, 0.2) is 0 Å². The Kier molecular flexibility index (Phi) is 8.54. The van der Waals surface area contributed by atoms with Gasteiger partial charge in [0.25, 0.3) is 0 Å². The fraction of sp³-hybridized carbons (Fsp3) is 0.435. The number of aliphatic hydroxyl groups is 1. The summed E-state index contributed by atoms with van der Waals surface area (Å²) in [6.45, 7) is 5.95. The van der Waals surface area contributed by atoms with Gasteiger partial charge in [-0.15, -0.1) is 0 Å². The quantitative estimate of drug-likeness (QED) is 0.565. The molecule has 1 heterocycles. The number of ether oxygens (including phenoxy) is 1. The van der Waals surface area contributed by atoms with Crippen LogP contribution in [0.15, 0.2) is 53.7 Å². The number of hydrogen-bond acceptors (Lipinski definition) is 5. The van der Waals surface area contributed by atoms with E-state index in [1.807, 2.05) is 62.4 Å². The molecule has 0 aliphatic carbocycles. The summed E-state index contributed by atoms with van der Waals surface area (Å²) in [4.78, 5) is 7.85. The van der Waals surface area contributed by atoms with E-state index in [0.29, 0.717) is 42.7 Å². The Bertz CT molecular complexity index is 843. The Labute approximate surface area is 188 Å². The maximum Gasteiger partial charge on any atom is 0.145 e. The highest BCUT2D eigenvalue weighted by atomic mass is 35.5.